The Balaban J connectivity index is 6.00. The number of carbonyl (C=O) groups is 8. The zero-order chi connectivity index (χ0) is 43.4. The average Bonchev–Trinajstić information content (AvgIpc) is 3.08. The second-order valence-corrected chi connectivity index (χ2v) is 16.8. The first-order chi connectivity index (χ1) is 25.9. The van der Waals surface area contributed by atoms with Gasteiger partial charge in [-0.2, -0.15) is 0 Å². The van der Waals surface area contributed by atoms with Gasteiger partial charge in [-0.1, -0.05) is 89.5 Å². The van der Waals surface area contributed by atoms with Gasteiger partial charge in [0, 0.05) is 0 Å². The van der Waals surface area contributed by atoms with Crippen molar-refractivity contribution >= 4 is 47.3 Å². The molecule has 0 heterocycles. The first-order valence-electron chi connectivity index (χ1n) is 19.9. The van der Waals surface area contributed by atoms with Crippen LogP contribution in [0.2, 0.25) is 0 Å². The number of aliphatic carboxylic acids is 1. The van der Waals surface area contributed by atoms with E-state index in [1.807, 2.05) is 62.3 Å². The predicted octanol–water partition coefficient (Wildman–Crippen LogP) is 0.941. The molecule has 0 saturated carbocycles. The SMILES string of the molecule is CC[C@H](C)[C@H](NC(=O)CNC(=O)[C@@H](N)CC(C)C)C(=O)N[C@@H](CC(C)C)C(=O)N[C@@H](CC(C)C)C(=O)N[C@@H](CC(C)C)C(=O)NCC(=O)N[C@H](C(=O)O)C(C)C. The lowest BCUT2D eigenvalue weighted by Crippen LogP contribution is -2.60. The lowest BCUT2D eigenvalue weighted by molar-refractivity contribution is -0.143. The van der Waals surface area contributed by atoms with Crippen molar-refractivity contribution < 1.29 is 43.5 Å². The van der Waals surface area contributed by atoms with Gasteiger partial charge in [0.05, 0.1) is 19.1 Å². The van der Waals surface area contributed by atoms with E-state index in [-0.39, 0.29) is 55.4 Å². The van der Waals surface area contributed by atoms with E-state index in [0.29, 0.717) is 12.8 Å². The molecule has 10 N–H and O–H groups in total. The van der Waals surface area contributed by atoms with Crippen LogP contribution in [0.1, 0.15) is 115 Å². The fraction of sp³-hybridized carbons (Fsp3) is 0.795. The van der Waals surface area contributed by atoms with E-state index < -0.39 is 96.0 Å². The number of hydrogen-bond donors (Lipinski definition) is 9. The van der Waals surface area contributed by atoms with E-state index in [0.717, 1.165) is 0 Å². The summed E-state index contributed by atoms with van der Waals surface area (Å²) in [6.45, 7) is 21.0. The minimum atomic E-state index is -1.21. The lowest BCUT2D eigenvalue weighted by Gasteiger charge is -2.29. The maximum atomic E-state index is 13.9. The Morgan fingerprint density at radius 1 is 0.482 bits per heavy atom. The average molecular weight is 797 g/mol. The first-order valence-corrected chi connectivity index (χ1v) is 19.9. The summed E-state index contributed by atoms with van der Waals surface area (Å²) in [5.41, 5.74) is 5.92. The Kier molecular flexibility index (Phi) is 23.8. The van der Waals surface area contributed by atoms with Gasteiger partial charge >= 0.3 is 5.97 Å². The normalized spacial score (nSPS) is 15.2. The summed E-state index contributed by atoms with van der Waals surface area (Å²) < 4.78 is 0. The second-order valence-electron chi connectivity index (χ2n) is 16.8. The first kappa shape index (κ1) is 51.7. The van der Waals surface area contributed by atoms with Crippen molar-refractivity contribution in [3.8, 4) is 0 Å². The van der Waals surface area contributed by atoms with Crippen molar-refractivity contribution in [2.75, 3.05) is 13.1 Å². The maximum Gasteiger partial charge on any atom is 0.326 e. The summed E-state index contributed by atoms with van der Waals surface area (Å²) in [5, 5.41) is 27.7. The van der Waals surface area contributed by atoms with Crippen LogP contribution in [0.5, 0.6) is 0 Å². The molecule has 0 bridgehead atoms. The molecule has 0 unspecified atom stereocenters. The van der Waals surface area contributed by atoms with E-state index in [1.165, 1.54) is 0 Å². The van der Waals surface area contributed by atoms with Crippen molar-refractivity contribution in [2.24, 2.45) is 41.2 Å². The minimum Gasteiger partial charge on any atom is -0.480 e. The molecule has 0 aromatic rings. The minimum absolute atomic E-state index is 0.0568. The third kappa shape index (κ3) is 20.6. The van der Waals surface area contributed by atoms with Gasteiger partial charge in [0.2, 0.25) is 41.4 Å². The summed E-state index contributed by atoms with van der Waals surface area (Å²) in [5.74, 6) is -6.29. The van der Waals surface area contributed by atoms with Crippen molar-refractivity contribution in [3.63, 3.8) is 0 Å². The third-order valence-corrected chi connectivity index (χ3v) is 8.99. The zero-order valence-electron chi connectivity index (χ0n) is 35.7. The molecule has 0 aliphatic rings. The molecule has 17 heteroatoms. The molecule has 7 atom stereocenters. The van der Waals surface area contributed by atoms with E-state index >= 15 is 0 Å². The number of hydrogen-bond acceptors (Lipinski definition) is 9. The van der Waals surface area contributed by atoms with Crippen molar-refractivity contribution in [2.45, 2.75) is 151 Å². The van der Waals surface area contributed by atoms with E-state index in [1.54, 1.807) is 20.8 Å². The summed E-state index contributed by atoms with van der Waals surface area (Å²) in [4.78, 5) is 104. The number of amides is 7. The molecule has 0 saturated heterocycles. The summed E-state index contributed by atoms with van der Waals surface area (Å²) in [6, 6.07) is -6.23. The molecule has 0 rings (SSSR count). The van der Waals surface area contributed by atoms with Gasteiger partial charge in [0.25, 0.3) is 0 Å². The van der Waals surface area contributed by atoms with Crippen LogP contribution in [0.4, 0.5) is 0 Å². The monoisotopic (exact) mass is 797 g/mol. The molecule has 0 aromatic carbocycles. The molecule has 0 aliphatic heterocycles. The van der Waals surface area contributed by atoms with Crippen LogP contribution in [-0.2, 0) is 38.4 Å². The molecular formula is C39H72N8O9. The highest BCUT2D eigenvalue weighted by Crippen LogP contribution is 2.13. The third-order valence-electron chi connectivity index (χ3n) is 8.99. The fourth-order valence-corrected chi connectivity index (χ4v) is 5.78. The Bertz CT molecular complexity index is 1320. The van der Waals surface area contributed by atoms with Gasteiger partial charge in [-0.25, -0.2) is 4.79 Å². The molecule has 7 amide bonds. The molecule has 17 nitrogen and oxygen atoms in total. The van der Waals surface area contributed by atoms with Gasteiger partial charge in [-0.3, -0.25) is 33.6 Å². The fourth-order valence-electron chi connectivity index (χ4n) is 5.78. The molecule has 0 aromatic heterocycles. The van der Waals surface area contributed by atoms with E-state index in [2.05, 4.69) is 37.2 Å². The molecule has 0 fully saturated rings. The largest absolute Gasteiger partial charge is 0.480 e. The standard InChI is InChI=1S/C39H72N8O9/c1-13-25(12)33(47-31(49)18-41-34(50)26(40)14-20(2)3)38(54)45-29(17-23(8)9)37(53)44-28(16-22(6)7)36(52)43-27(15-21(4)5)35(51)42-19-30(48)46-32(24(10)11)39(55)56/h20-29,32-33H,13-19,40H2,1-12H3,(H,41,50)(H,42,51)(H,43,52)(H,44,53)(H,45,54)(H,46,48)(H,47,49)(H,55,56)/t25-,26-,27-,28-,29-,32-,33-/m0/s1. The van der Waals surface area contributed by atoms with E-state index in [4.69, 9.17) is 5.73 Å². The van der Waals surface area contributed by atoms with Crippen LogP contribution in [0.3, 0.4) is 0 Å². The van der Waals surface area contributed by atoms with Crippen LogP contribution < -0.4 is 43.0 Å². The highest BCUT2D eigenvalue weighted by atomic mass is 16.4. The van der Waals surface area contributed by atoms with E-state index in [9.17, 15) is 43.5 Å². The van der Waals surface area contributed by atoms with Crippen LogP contribution >= 0.6 is 0 Å². The van der Waals surface area contributed by atoms with Gasteiger partial charge in [0.1, 0.15) is 30.2 Å². The summed E-state index contributed by atoms with van der Waals surface area (Å²) in [6.07, 6.45) is 1.56. The van der Waals surface area contributed by atoms with Gasteiger partial charge in [-0.15, -0.1) is 0 Å². The number of carboxylic acids is 1. The van der Waals surface area contributed by atoms with Crippen LogP contribution in [0, 0.1) is 35.5 Å². The molecule has 0 spiro atoms. The van der Waals surface area contributed by atoms with Crippen molar-refractivity contribution in [1.29, 1.82) is 0 Å². The Morgan fingerprint density at radius 3 is 1.20 bits per heavy atom. The molecule has 0 radical (unpaired) electrons. The quantitative estimate of drug-likeness (QED) is 0.0598. The van der Waals surface area contributed by atoms with Crippen molar-refractivity contribution in [1.82, 2.24) is 37.2 Å². The molecule has 56 heavy (non-hydrogen) atoms. The number of carboxylic acid groups (broad SMARTS) is 1. The van der Waals surface area contributed by atoms with Crippen molar-refractivity contribution in [3.05, 3.63) is 0 Å². The Morgan fingerprint density at radius 2 is 0.839 bits per heavy atom. The van der Waals surface area contributed by atoms with Gasteiger partial charge < -0.3 is 48.1 Å². The summed E-state index contributed by atoms with van der Waals surface area (Å²) >= 11 is 0. The number of carbonyl (C=O) groups excluding carboxylic acids is 7. The summed E-state index contributed by atoms with van der Waals surface area (Å²) in [7, 11) is 0. The topological polar surface area (TPSA) is 267 Å². The number of nitrogens with one attached hydrogen (secondary N) is 7. The number of nitrogens with two attached hydrogens (primary N) is 1. The van der Waals surface area contributed by atoms with Crippen LogP contribution in [0.25, 0.3) is 0 Å². The van der Waals surface area contributed by atoms with Gasteiger partial charge in [-0.05, 0) is 61.2 Å². The van der Waals surface area contributed by atoms with Crippen LogP contribution in [-0.4, -0.2) is 102 Å². The predicted molar refractivity (Wildman–Crippen MR) is 213 cm³/mol. The molecule has 0 aliphatic carbocycles. The Hall–Kier alpha value is -4.28. The zero-order valence-corrected chi connectivity index (χ0v) is 35.7. The highest BCUT2D eigenvalue weighted by Gasteiger charge is 2.34. The Labute approximate surface area is 333 Å². The molecular weight excluding hydrogens is 724 g/mol. The molecule has 322 valence electrons. The highest BCUT2D eigenvalue weighted by molar-refractivity contribution is 5.96. The lowest BCUT2D eigenvalue weighted by atomic mass is 9.96. The maximum absolute atomic E-state index is 13.9. The van der Waals surface area contributed by atoms with Crippen LogP contribution in [0.15, 0.2) is 0 Å². The number of rotatable bonds is 26. The smallest absolute Gasteiger partial charge is 0.326 e. The van der Waals surface area contributed by atoms with Gasteiger partial charge in [0.15, 0.2) is 0 Å². The second kappa shape index (κ2) is 25.8.